The molecule has 2 rings (SSSR count). The van der Waals surface area contributed by atoms with Crippen LogP contribution in [0.3, 0.4) is 0 Å². The number of hydrogen-bond acceptors (Lipinski definition) is 2. The molecular formula is C15H11ClFNOS. The molecule has 2 nitrogen and oxygen atoms in total. The van der Waals surface area contributed by atoms with Crippen molar-refractivity contribution in [1.82, 2.24) is 0 Å². The van der Waals surface area contributed by atoms with Crippen LogP contribution in [0.25, 0.3) is 0 Å². The second-order valence-electron chi connectivity index (χ2n) is 4.24. The molecule has 1 atom stereocenters. The van der Waals surface area contributed by atoms with Gasteiger partial charge in [0.05, 0.1) is 23.1 Å². The highest BCUT2D eigenvalue weighted by Gasteiger charge is 2.10. The van der Waals surface area contributed by atoms with Crippen molar-refractivity contribution in [1.29, 1.82) is 5.26 Å². The monoisotopic (exact) mass is 307 g/mol. The second-order valence-corrected chi connectivity index (χ2v) is 6.10. The molecule has 0 saturated carbocycles. The van der Waals surface area contributed by atoms with Gasteiger partial charge >= 0.3 is 0 Å². The van der Waals surface area contributed by atoms with Crippen LogP contribution in [0.2, 0.25) is 5.02 Å². The van der Waals surface area contributed by atoms with E-state index in [9.17, 15) is 8.60 Å². The molecule has 0 spiro atoms. The standard InChI is InChI=1S/C15H11ClFNOS/c16-14-4-2-1-3-12(14)9-20(19)10-13-7-11(8-18)5-6-15(13)17/h1-7H,9-10H2. The number of hydrogen-bond donors (Lipinski definition) is 0. The Bertz CT molecular complexity index is 697. The minimum absolute atomic E-state index is 0.0621. The summed E-state index contributed by atoms with van der Waals surface area (Å²) in [5.41, 5.74) is 1.41. The van der Waals surface area contributed by atoms with Crippen LogP contribution in [0, 0.1) is 17.1 Å². The number of benzene rings is 2. The van der Waals surface area contributed by atoms with E-state index in [-0.39, 0.29) is 17.1 Å². The Morgan fingerprint density at radius 1 is 1.15 bits per heavy atom. The van der Waals surface area contributed by atoms with E-state index in [1.165, 1.54) is 18.2 Å². The smallest absolute Gasteiger partial charge is 0.127 e. The van der Waals surface area contributed by atoms with Crippen LogP contribution in [-0.2, 0) is 22.3 Å². The lowest BCUT2D eigenvalue weighted by Crippen LogP contribution is -2.02. The molecule has 0 bridgehead atoms. The lowest BCUT2D eigenvalue weighted by Gasteiger charge is -2.06. The van der Waals surface area contributed by atoms with Crippen molar-refractivity contribution in [3.63, 3.8) is 0 Å². The van der Waals surface area contributed by atoms with E-state index >= 15 is 0 Å². The molecule has 0 N–H and O–H groups in total. The molecule has 102 valence electrons. The van der Waals surface area contributed by atoms with Gasteiger partial charge in [0.1, 0.15) is 5.82 Å². The fourth-order valence-corrected chi connectivity index (χ4v) is 3.32. The minimum atomic E-state index is -1.29. The average Bonchev–Trinajstić information content (AvgIpc) is 2.44. The van der Waals surface area contributed by atoms with Gasteiger partial charge in [-0.05, 0) is 29.8 Å². The van der Waals surface area contributed by atoms with Crippen molar-refractivity contribution in [3.8, 4) is 6.07 Å². The summed E-state index contributed by atoms with van der Waals surface area (Å²) in [6, 6.07) is 13.1. The first-order valence-electron chi connectivity index (χ1n) is 5.87. The molecule has 20 heavy (non-hydrogen) atoms. The zero-order valence-electron chi connectivity index (χ0n) is 10.5. The highest BCUT2D eigenvalue weighted by Crippen LogP contribution is 2.19. The van der Waals surface area contributed by atoms with E-state index < -0.39 is 16.6 Å². The molecule has 2 aromatic rings. The van der Waals surface area contributed by atoms with Gasteiger partial charge in [0.15, 0.2) is 0 Å². The molecule has 0 aliphatic heterocycles. The van der Waals surface area contributed by atoms with Crippen LogP contribution in [0.1, 0.15) is 16.7 Å². The summed E-state index contributed by atoms with van der Waals surface area (Å²) in [6.45, 7) is 0. The quantitative estimate of drug-likeness (QED) is 0.862. The fraction of sp³-hybridized carbons (Fsp3) is 0.133. The van der Waals surface area contributed by atoms with Crippen molar-refractivity contribution in [2.45, 2.75) is 11.5 Å². The Morgan fingerprint density at radius 2 is 1.85 bits per heavy atom. The molecule has 0 fully saturated rings. The lowest BCUT2D eigenvalue weighted by atomic mass is 10.1. The molecule has 0 amide bonds. The van der Waals surface area contributed by atoms with Gasteiger partial charge in [0.2, 0.25) is 0 Å². The summed E-state index contributed by atoms with van der Waals surface area (Å²) < 4.78 is 25.7. The predicted molar refractivity (Wildman–Crippen MR) is 78.1 cm³/mol. The van der Waals surface area contributed by atoms with Gasteiger partial charge in [-0.25, -0.2) is 4.39 Å². The van der Waals surface area contributed by atoms with E-state index in [0.717, 1.165) is 5.56 Å². The first-order valence-corrected chi connectivity index (χ1v) is 7.73. The first kappa shape index (κ1) is 14.7. The van der Waals surface area contributed by atoms with Crippen LogP contribution in [-0.4, -0.2) is 4.21 Å². The molecule has 0 aliphatic rings. The Kier molecular flexibility index (Phi) is 4.89. The van der Waals surface area contributed by atoms with E-state index in [4.69, 9.17) is 16.9 Å². The number of halogens is 2. The summed E-state index contributed by atoms with van der Waals surface area (Å²) in [7, 11) is -1.29. The maximum absolute atomic E-state index is 13.6. The number of nitriles is 1. The van der Waals surface area contributed by atoms with Gasteiger partial charge in [-0.3, -0.25) is 4.21 Å². The Labute approximate surface area is 124 Å². The first-order chi connectivity index (χ1) is 9.60. The van der Waals surface area contributed by atoms with Gasteiger partial charge < -0.3 is 0 Å². The van der Waals surface area contributed by atoms with Gasteiger partial charge in [0, 0.05) is 21.4 Å². The maximum Gasteiger partial charge on any atom is 0.127 e. The molecule has 0 aromatic heterocycles. The van der Waals surface area contributed by atoms with E-state index in [1.807, 2.05) is 12.1 Å². The Hall–Kier alpha value is -1.70. The summed E-state index contributed by atoms with van der Waals surface area (Å²) in [5.74, 6) is -0.126. The van der Waals surface area contributed by atoms with Crippen molar-refractivity contribution >= 4 is 22.4 Å². The second kappa shape index (κ2) is 6.65. The largest absolute Gasteiger partial charge is 0.259 e. The SMILES string of the molecule is N#Cc1ccc(F)c(CS(=O)Cc2ccccc2Cl)c1. The average molecular weight is 308 g/mol. The van der Waals surface area contributed by atoms with E-state index in [2.05, 4.69) is 0 Å². The molecule has 0 aliphatic carbocycles. The Balaban J connectivity index is 2.13. The molecular weight excluding hydrogens is 297 g/mol. The zero-order chi connectivity index (χ0) is 14.5. The van der Waals surface area contributed by atoms with Gasteiger partial charge in [-0.2, -0.15) is 5.26 Å². The van der Waals surface area contributed by atoms with Crippen LogP contribution in [0.15, 0.2) is 42.5 Å². The molecule has 2 aromatic carbocycles. The third-order valence-corrected chi connectivity index (χ3v) is 4.40. The minimum Gasteiger partial charge on any atom is -0.259 e. The topological polar surface area (TPSA) is 40.9 Å². The third-order valence-electron chi connectivity index (χ3n) is 2.77. The third kappa shape index (κ3) is 3.66. The van der Waals surface area contributed by atoms with Crippen LogP contribution in [0.5, 0.6) is 0 Å². The summed E-state index contributed by atoms with van der Waals surface area (Å²) >= 11 is 6.00. The van der Waals surface area contributed by atoms with Gasteiger partial charge in [-0.1, -0.05) is 29.8 Å². The Morgan fingerprint density at radius 3 is 2.55 bits per heavy atom. The van der Waals surface area contributed by atoms with E-state index in [0.29, 0.717) is 10.6 Å². The maximum atomic E-state index is 13.6. The van der Waals surface area contributed by atoms with Crippen molar-refractivity contribution in [2.75, 3.05) is 0 Å². The van der Waals surface area contributed by atoms with Crippen LogP contribution in [0.4, 0.5) is 4.39 Å². The summed E-state index contributed by atoms with van der Waals surface area (Å²) in [6.07, 6.45) is 0. The predicted octanol–water partition coefficient (Wildman–Crippen LogP) is 3.80. The highest BCUT2D eigenvalue weighted by atomic mass is 35.5. The van der Waals surface area contributed by atoms with Crippen LogP contribution < -0.4 is 0 Å². The highest BCUT2D eigenvalue weighted by molar-refractivity contribution is 7.83. The molecule has 0 saturated heterocycles. The lowest BCUT2D eigenvalue weighted by molar-refractivity contribution is 0.615. The molecule has 0 radical (unpaired) electrons. The number of rotatable bonds is 4. The molecule has 5 heteroatoms. The van der Waals surface area contributed by atoms with Crippen molar-refractivity contribution in [2.24, 2.45) is 0 Å². The number of nitrogens with zero attached hydrogens (tertiary/aromatic N) is 1. The summed E-state index contributed by atoms with van der Waals surface area (Å²) in [4.78, 5) is 0. The van der Waals surface area contributed by atoms with Gasteiger partial charge in [-0.15, -0.1) is 0 Å². The van der Waals surface area contributed by atoms with E-state index in [1.54, 1.807) is 18.2 Å². The molecule has 0 heterocycles. The van der Waals surface area contributed by atoms with Crippen LogP contribution >= 0.6 is 11.6 Å². The fourth-order valence-electron chi connectivity index (χ4n) is 1.77. The van der Waals surface area contributed by atoms with Crippen molar-refractivity contribution in [3.05, 3.63) is 70.0 Å². The zero-order valence-corrected chi connectivity index (χ0v) is 12.0. The van der Waals surface area contributed by atoms with Crippen molar-refractivity contribution < 1.29 is 8.60 Å². The summed E-state index contributed by atoms with van der Waals surface area (Å²) in [5, 5.41) is 9.34. The normalized spacial score (nSPS) is 11.8. The molecule has 1 unspecified atom stereocenters. The van der Waals surface area contributed by atoms with Gasteiger partial charge in [0.25, 0.3) is 0 Å².